The highest BCUT2D eigenvalue weighted by Gasteiger charge is 2.17. The minimum absolute atomic E-state index is 0.0909. The lowest BCUT2D eigenvalue weighted by atomic mass is 10.2. The molecule has 29 heavy (non-hydrogen) atoms. The predicted molar refractivity (Wildman–Crippen MR) is 110 cm³/mol. The van der Waals surface area contributed by atoms with Crippen LogP contribution in [0.25, 0.3) is 11.6 Å². The molecule has 10 heteroatoms. The number of aromatic nitrogens is 3. The molecule has 0 unspecified atom stereocenters. The summed E-state index contributed by atoms with van der Waals surface area (Å²) < 4.78 is 7.16. The van der Waals surface area contributed by atoms with Crippen LogP contribution in [0.1, 0.15) is 18.4 Å². The number of halogens is 1. The van der Waals surface area contributed by atoms with E-state index in [9.17, 15) is 9.59 Å². The molecule has 0 atom stereocenters. The number of furan rings is 1. The lowest BCUT2D eigenvalue weighted by molar-refractivity contribution is -0.121. The second kappa shape index (κ2) is 10.1. The van der Waals surface area contributed by atoms with Gasteiger partial charge < -0.3 is 15.5 Å². The smallest absolute Gasteiger partial charge is 0.221 e. The number of carbonyl (C=O) groups excluding carboxylic acids is 2. The first-order valence-corrected chi connectivity index (χ1v) is 10.3. The first-order valence-electron chi connectivity index (χ1n) is 8.93. The molecule has 0 aliphatic rings. The van der Waals surface area contributed by atoms with Crippen molar-refractivity contribution in [1.82, 2.24) is 20.1 Å². The topological polar surface area (TPSA) is 116 Å². The summed E-state index contributed by atoms with van der Waals surface area (Å²) in [5.41, 5.74) is 6.14. The maximum atomic E-state index is 12.1. The molecular formula is C19H20ClN5O3S. The third-order valence-electron chi connectivity index (χ3n) is 4.03. The molecule has 3 N–H and O–H groups in total. The molecular weight excluding hydrogens is 414 g/mol. The van der Waals surface area contributed by atoms with Crippen LogP contribution in [0.2, 0.25) is 5.02 Å². The molecule has 2 aromatic heterocycles. The van der Waals surface area contributed by atoms with Gasteiger partial charge in [0.15, 0.2) is 16.7 Å². The number of hydrogen-bond acceptors (Lipinski definition) is 6. The van der Waals surface area contributed by atoms with E-state index in [1.54, 1.807) is 29.0 Å². The molecule has 0 aliphatic heterocycles. The van der Waals surface area contributed by atoms with Gasteiger partial charge in [0.1, 0.15) is 0 Å². The second-order valence-electron chi connectivity index (χ2n) is 6.12. The van der Waals surface area contributed by atoms with E-state index in [0.29, 0.717) is 47.0 Å². The molecule has 152 valence electrons. The number of benzene rings is 1. The van der Waals surface area contributed by atoms with Crippen molar-refractivity contribution < 1.29 is 14.0 Å². The summed E-state index contributed by atoms with van der Waals surface area (Å²) in [5, 5.41) is 12.4. The minimum atomic E-state index is -0.418. The molecule has 0 bridgehead atoms. The zero-order chi connectivity index (χ0) is 20.6. The van der Waals surface area contributed by atoms with E-state index in [1.165, 1.54) is 11.8 Å². The summed E-state index contributed by atoms with van der Waals surface area (Å²) in [6.45, 7) is 0.708. The number of nitrogens with two attached hydrogens (primary N) is 1. The van der Waals surface area contributed by atoms with Crippen LogP contribution in [0.15, 0.2) is 52.2 Å². The predicted octanol–water partition coefficient (Wildman–Crippen LogP) is 2.87. The van der Waals surface area contributed by atoms with Gasteiger partial charge in [-0.15, -0.1) is 10.2 Å². The van der Waals surface area contributed by atoms with Crippen molar-refractivity contribution in [2.75, 3.05) is 5.75 Å². The summed E-state index contributed by atoms with van der Waals surface area (Å²) in [5.74, 6) is 1.06. The molecule has 0 spiro atoms. The quantitative estimate of drug-likeness (QED) is 0.475. The minimum Gasteiger partial charge on any atom is -0.461 e. The fourth-order valence-corrected chi connectivity index (χ4v) is 3.67. The van der Waals surface area contributed by atoms with Gasteiger partial charge >= 0.3 is 0 Å². The first-order chi connectivity index (χ1) is 14.0. The van der Waals surface area contributed by atoms with Crippen LogP contribution in [0.3, 0.4) is 0 Å². The number of rotatable bonds is 10. The molecule has 3 rings (SSSR count). The number of primary amides is 1. The largest absolute Gasteiger partial charge is 0.461 e. The molecule has 2 amide bonds. The average Bonchev–Trinajstić information content (AvgIpc) is 3.35. The molecule has 0 aliphatic carbocycles. The molecule has 0 saturated heterocycles. The Labute approximate surface area is 176 Å². The van der Waals surface area contributed by atoms with Crippen LogP contribution < -0.4 is 11.1 Å². The monoisotopic (exact) mass is 433 g/mol. The highest BCUT2D eigenvalue weighted by molar-refractivity contribution is 7.99. The molecule has 1 aromatic carbocycles. The molecule has 0 fully saturated rings. The third-order valence-corrected chi connectivity index (χ3v) is 5.37. The number of thioether (sulfide) groups is 1. The zero-order valence-corrected chi connectivity index (χ0v) is 17.1. The standard InChI is InChI=1S/C19H20ClN5O3S/c20-14-5-2-1-4-13(14)12-22-17(27)8-11-29-19-24-23-18(15-6-3-10-28-15)25(19)9-7-16(21)26/h1-6,10H,7-9,11-12H2,(H2,21,26)(H,22,27). The van der Waals surface area contributed by atoms with Crippen LogP contribution in [0, 0.1) is 0 Å². The summed E-state index contributed by atoms with van der Waals surface area (Å²) in [6, 6.07) is 10.9. The van der Waals surface area contributed by atoms with E-state index in [0.717, 1.165) is 5.56 Å². The Bertz CT molecular complexity index is 974. The highest BCUT2D eigenvalue weighted by Crippen LogP contribution is 2.25. The fourth-order valence-electron chi connectivity index (χ4n) is 2.57. The Balaban J connectivity index is 1.56. The lowest BCUT2D eigenvalue weighted by Gasteiger charge is -2.08. The first kappa shape index (κ1) is 20.9. The van der Waals surface area contributed by atoms with Crippen molar-refractivity contribution in [2.24, 2.45) is 5.73 Å². The lowest BCUT2D eigenvalue weighted by Crippen LogP contribution is -2.23. The van der Waals surface area contributed by atoms with Crippen molar-refractivity contribution in [1.29, 1.82) is 0 Å². The Kier molecular flexibility index (Phi) is 7.31. The SMILES string of the molecule is NC(=O)CCn1c(SCCC(=O)NCc2ccccc2Cl)nnc1-c1ccco1. The zero-order valence-electron chi connectivity index (χ0n) is 15.5. The van der Waals surface area contributed by atoms with Gasteiger partial charge in [0.25, 0.3) is 0 Å². The van der Waals surface area contributed by atoms with Crippen LogP contribution >= 0.6 is 23.4 Å². The Morgan fingerprint density at radius 1 is 1.17 bits per heavy atom. The van der Waals surface area contributed by atoms with Crippen molar-refractivity contribution >= 4 is 35.2 Å². The fraction of sp³-hybridized carbons (Fsp3) is 0.263. The van der Waals surface area contributed by atoms with Gasteiger partial charge in [0.05, 0.1) is 6.26 Å². The molecule has 0 radical (unpaired) electrons. The normalized spacial score (nSPS) is 10.8. The van der Waals surface area contributed by atoms with Crippen molar-refractivity contribution in [3.63, 3.8) is 0 Å². The van der Waals surface area contributed by atoms with Gasteiger partial charge in [-0.1, -0.05) is 41.6 Å². The molecule has 2 heterocycles. The van der Waals surface area contributed by atoms with Gasteiger partial charge in [-0.25, -0.2) is 0 Å². The molecule has 3 aromatic rings. The van der Waals surface area contributed by atoms with Crippen molar-refractivity contribution in [3.8, 4) is 11.6 Å². The highest BCUT2D eigenvalue weighted by atomic mass is 35.5. The van der Waals surface area contributed by atoms with Crippen LogP contribution in [-0.2, 0) is 22.7 Å². The van der Waals surface area contributed by atoms with Crippen molar-refractivity contribution in [3.05, 3.63) is 53.2 Å². The van der Waals surface area contributed by atoms with E-state index in [2.05, 4.69) is 15.5 Å². The van der Waals surface area contributed by atoms with Crippen molar-refractivity contribution in [2.45, 2.75) is 31.1 Å². The summed E-state index contributed by atoms with van der Waals surface area (Å²) >= 11 is 7.47. The third kappa shape index (κ3) is 5.85. The molecule has 0 saturated carbocycles. The maximum Gasteiger partial charge on any atom is 0.221 e. The van der Waals surface area contributed by atoms with E-state index in [4.69, 9.17) is 21.8 Å². The van der Waals surface area contributed by atoms with Gasteiger partial charge in [-0.05, 0) is 23.8 Å². The number of nitrogens with one attached hydrogen (secondary N) is 1. The number of carbonyl (C=O) groups is 2. The Morgan fingerprint density at radius 2 is 2.00 bits per heavy atom. The van der Waals surface area contributed by atoms with Gasteiger partial charge in [0, 0.05) is 36.7 Å². The van der Waals surface area contributed by atoms with Gasteiger partial charge in [-0.3, -0.25) is 14.2 Å². The number of amides is 2. The Hall–Kier alpha value is -2.78. The number of nitrogens with zero attached hydrogens (tertiary/aromatic N) is 3. The van der Waals surface area contributed by atoms with Crippen LogP contribution in [0.4, 0.5) is 0 Å². The second-order valence-corrected chi connectivity index (χ2v) is 7.59. The van der Waals surface area contributed by atoms with E-state index >= 15 is 0 Å². The summed E-state index contributed by atoms with van der Waals surface area (Å²) in [7, 11) is 0. The van der Waals surface area contributed by atoms with Gasteiger partial charge in [0.2, 0.25) is 11.8 Å². The summed E-state index contributed by atoms with van der Waals surface area (Å²) in [6.07, 6.45) is 1.99. The number of hydrogen-bond donors (Lipinski definition) is 2. The van der Waals surface area contributed by atoms with E-state index in [-0.39, 0.29) is 12.3 Å². The van der Waals surface area contributed by atoms with Gasteiger partial charge in [-0.2, -0.15) is 0 Å². The van der Waals surface area contributed by atoms with E-state index in [1.807, 2.05) is 18.2 Å². The maximum absolute atomic E-state index is 12.1. The van der Waals surface area contributed by atoms with Crippen LogP contribution in [-0.4, -0.2) is 32.3 Å². The molecule has 8 nitrogen and oxygen atoms in total. The average molecular weight is 434 g/mol. The van der Waals surface area contributed by atoms with Crippen LogP contribution in [0.5, 0.6) is 0 Å². The Morgan fingerprint density at radius 3 is 2.72 bits per heavy atom. The summed E-state index contributed by atoms with van der Waals surface area (Å²) in [4.78, 5) is 23.3. The van der Waals surface area contributed by atoms with E-state index < -0.39 is 5.91 Å².